The van der Waals surface area contributed by atoms with Gasteiger partial charge in [0.25, 0.3) is 0 Å². The molecule has 0 aliphatic carbocycles. The number of carbonyl (C=O) groups is 1. The Labute approximate surface area is 192 Å². The van der Waals surface area contributed by atoms with Gasteiger partial charge in [0.05, 0.1) is 21.7 Å². The van der Waals surface area contributed by atoms with Gasteiger partial charge in [-0.1, -0.05) is 53.0 Å². The van der Waals surface area contributed by atoms with Crippen LogP contribution < -0.4 is 5.32 Å². The molecular formula is C21H23Cl3N2O3S. The van der Waals surface area contributed by atoms with Crippen molar-refractivity contribution in [1.82, 2.24) is 9.62 Å². The van der Waals surface area contributed by atoms with Crippen molar-refractivity contribution in [1.29, 1.82) is 0 Å². The number of piperidine rings is 1. The van der Waals surface area contributed by atoms with E-state index in [1.165, 1.54) is 4.31 Å². The molecule has 1 amide bonds. The quantitative estimate of drug-likeness (QED) is 0.620. The van der Waals surface area contributed by atoms with Gasteiger partial charge in [-0.25, -0.2) is 12.7 Å². The van der Waals surface area contributed by atoms with E-state index in [9.17, 15) is 13.2 Å². The largest absolute Gasteiger partial charge is 0.355 e. The summed E-state index contributed by atoms with van der Waals surface area (Å²) in [7, 11) is -3.56. The van der Waals surface area contributed by atoms with Crippen LogP contribution in [0.1, 0.15) is 24.0 Å². The molecule has 1 N–H and O–H groups in total. The molecule has 1 saturated heterocycles. The van der Waals surface area contributed by atoms with Crippen LogP contribution in [-0.4, -0.2) is 38.3 Å². The molecule has 9 heteroatoms. The first-order valence-corrected chi connectivity index (χ1v) is 12.4. The highest BCUT2D eigenvalue weighted by Crippen LogP contribution is 2.26. The SMILES string of the molecule is O=C(NCCc1ccc(Cl)cc1)C1CCCN(S(=O)(=O)Cc2ccc(Cl)c(Cl)c2)C1. The molecule has 0 bridgehead atoms. The molecule has 30 heavy (non-hydrogen) atoms. The Morgan fingerprint density at radius 3 is 2.43 bits per heavy atom. The summed E-state index contributed by atoms with van der Waals surface area (Å²) in [5, 5.41) is 4.30. The minimum atomic E-state index is -3.56. The van der Waals surface area contributed by atoms with Gasteiger partial charge in [0.15, 0.2) is 0 Å². The summed E-state index contributed by atoms with van der Waals surface area (Å²) < 4.78 is 27.1. The molecule has 0 saturated carbocycles. The number of nitrogens with zero attached hydrogens (tertiary/aromatic N) is 1. The van der Waals surface area contributed by atoms with E-state index >= 15 is 0 Å². The molecule has 1 heterocycles. The van der Waals surface area contributed by atoms with E-state index in [2.05, 4.69) is 5.32 Å². The Bertz CT molecular complexity index is 997. The van der Waals surface area contributed by atoms with Crippen LogP contribution >= 0.6 is 34.8 Å². The third kappa shape index (κ3) is 6.34. The number of benzene rings is 2. The van der Waals surface area contributed by atoms with E-state index in [0.717, 1.165) is 5.56 Å². The molecule has 1 aliphatic rings. The van der Waals surface area contributed by atoms with Crippen molar-refractivity contribution in [3.63, 3.8) is 0 Å². The van der Waals surface area contributed by atoms with Crippen molar-refractivity contribution in [3.8, 4) is 0 Å². The van der Waals surface area contributed by atoms with E-state index < -0.39 is 10.0 Å². The predicted octanol–water partition coefficient (Wildman–Crippen LogP) is 4.55. The molecule has 5 nitrogen and oxygen atoms in total. The van der Waals surface area contributed by atoms with E-state index in [4.69, 9.17) is 34.8 Å². The Morgan fingerprint density at radius 2 is 1.73 bits per heavy atom. The van der Waals surface area contributed by atoms with E-state index in [-0.39, 0.29) is 24.1 Å². The maximum absolute atomic E-state index is 12.9. The molecular weight excluding hydrogens is 467 g/mol. The van der Waals surface area contributed by atoms with Gasteiger partial charge < -0.3 is 5.32 Å². The molecule has 2 aromatic rings. The maximum Gasteiger partial charge on any atom is 0.224 e. The highest BCUT2D eigenvalue weighted by atomic mass is 35.5. The zero-order valence-electron chi connectivity index (χ0n) is 16.3. The molecule has 1 unspecified atom stereocenters. The van der Waals surface area contributed by atoms with Crippen molar-refractivity contribution in [3.05, 3.63) is 68.7 Å². The lowest BCUT2D eigenvalue weighted by molar-refractivity contribution is -0.126. The molecule has 0 spiro atoms. The summed E-state index contributed by atoms with van der Waals surface area (Å²) in [6.45, 7) is 1.10. The Hall–Kier alpha value is -1.31. The molecule has 162 valence electrons. The molecule has 2 aromatic carbocycles. The lowest BCUT2D eigenvalue weighted by atomic mass is 9.99. The van der Waals surface area contributed by atoms with Crippen molar-refractivity contribution in [2.75, 3.05) is 19.6 Å². The average Bonchev–Trinajstić information content (AvgIpc) is 2.72. The topological polar surface area (TPSA) is 66.5 Å². The van der Waals surface area contributed by atoms with Gasteiger partial charge in [0, 0.05) is 24.7 Å². The Kier molecular flexibility index (Phi) is 8.04. The van der Waals surface area contributed by atoms with Crippen molar-refractivity contribution >= 4 is 50.7 Å². The van der Waals surface area contributed by atoms with E-state index in [0.29, 0.717) is 53.0 Å². The first-order chi connectivity index (χ1) is 14.2. The highest BCUT2D eigenvalue weighted by Gasteiger charge is 2.32. The van der Waals surface area contributed by atoms with Gasteiger partial charge >= 0.3 is 0 Å². The first kappa shape index (κ1) is 23.4. The minimum absolute atomic E-state index is 0.113. The third-order valence-electron chi connectivity index (χ3n) is 5.11. The van der Waals surface area contributed by atoms with Crippen LogP contribution in [0.3, 0.4) is 0 Å². The fourth-order valence-electron chi connectivity index (χ4n) is 3.47. The van der Waals surface area contributed by atoms with Gasteiger partial charge in [-0.3, -0.25) is 4.79 Å². The van der Waals surface area contributed by atoms with Crippen LogP contribution in [0.5, 0.6) is 0 Å². The molecule has 0 aromatic heterocycles. The number of sulfonamides is 1. The zero-order valence-corrected chi connectivity index (χ0v) is 19.4. The highest BCUT2D eigenvalue weighted by molar-refractivity contribution is 7.88. The number of halogens is 3. The van der Waals surface area contributed by atoms with Crippen LogP contribution in [0.4, 0.5) is 0 Å². The average molecular weight is 490 g/mol. The summed E-state index contributed by atoms with van der Waals surface area (Å²) in [6.07, 6.45) is 2.01. The van der Waals surface area contributed by atoms with Gasteiger partial charge in [-0.05, 0) is 54.7 Å². The lowest BCUT2D eigenvalue weighted by Crippen LogP contribution is -2.46. The van der Waals surface area contributed by atoms with Crippen LogP contribution in [-0.2, 0) is 27.0 Å². The van der Waals surface area contributed by atoms with Gasteiger partial charge in [-0.2, -0.15) is 0 Å². The second kappa shape index (κ2) is 10.3. The third-order valence-corrected chi connectivity index (χ3v) is 7.92. The summed E-state index contributed by atoms with van der Waals surface area (Å²) in [5.41, 5.74) is 1.65. The second-order valence-corrected chi connectivity index (χ2v) is 10.6. The smallest absolute Gasteiger partial charge is 0.224 e. The monoisotopic (exact) mass is 488 g/mol. The Balaban J connectivity index is 1.54. The molecule has 1 aliphatic heterocycles. The number of rotatable bonds is 7. The number of carbonyl (C=O) groups excluding carboxylic acids is 1. The molecule has 3 rings (SSSR count). The number of amides is 1. The number of nitrogens with one attached hydrogen (secondary N) is 1. The summed E-state index contributed by atoms with van der Waals surface area (Å²) in [6, 6.07) is 12.3. The number of hydrogen-bond donors (Lipinski definition) is 1. The zero-order chi connectivity index (χ0) is 21.7. The van der Waals surface area contributed by atoms with E-state index in [1.54, 1.807) is 18.2 Å². The number of hydrogen-bond acceptors (Lipinski definition) is 3. The van der Waals surface area contributed by atoms with Gasteiger partial charge in [0.1, 0.15) is 0 Å². The normalized spacial score (nSPS) is 17.6. The van der Waals surface area contributed by atoms with Crippen molar-refractivity contribution in [2.45, 2.75) is 25.0 Å². The predicted molar refractivity (Wildman–Crippen MR) is 122 cm³/mol. The summed E-state index contributed by atoms with van der Waals surface area (Å²) in [5.74, 6) is -0.639. The van der Waals surface area contributed by atoms with Crippen LogP contribution in [0.2, 0.25) is 15.1 Å². The summed E-state index contributed by atoms with van der Waals surface area (Å²) >= 11 is 17.8. The molecule has 1 atom stereocenters. The fourth-order valence-corrected chi connectivity index (χ4v) is 5.51. The van der Waals surface area contributed by atoms with Crippen LogP contribution in [0.25, 0.3) is 0 Å². The minimum Gasteiger partial charge on any atom is -0.355 e. The van der Waals surface area contributed by atoms with Crippen LogP contribution in [0, 0.1) is 5.92 Å². The lowest BCUT2D eigenvalue weighted by Gasteiger charge is -2.31. The van der Waals surface area contributed by atoms with Crippen molar-refractivity contribution in [2.24, 2.45) is 5.92 Å². The van der Waals surface area contributed by atoms with Gasteiger partial charge in [0.2, 0.25) is 15.9 Å². The Morgan fingerprint density at radius 1 is 1.03 bits per heavy atom. The maximum atomic E-state index is 12.9. The van der Waals surface area contributed by atoms with Gasteiger partial charge in [-0.15, -0.1) is 0 Å². The van der Waals surface area contributed by atoms with E-state index in [1.807, 2.05) is 24.3 Å². The summed E-state index contributed by atoms with van der Waals surface area (Å²) in [4.78, 5) is 12.6. The second-order valence-electron chi connectivity index (χ2n) is 7.37. The fraction of sp³-hybridized carbons (Fsp3) is 0.381. The van der Waals surface area contributed by atoms with Crippen molar-refractivity contribution < 1.29 is 13.2 Å². The molecule has 0 radical (unpaired) electrons. The molecule has 1 fully saturated rings. The first-order valence-electron chi connectivity index (χ1n) is 9.68. The standard InChI is InChI=1S/C21H23Cl3N2O3S/c22-18-6-3-15(4-7-18)9-10-25-21(27)17-2-1-11-26(13-17)30(28,29)14-16-5-8-19(23)20(24)12-16/h3-8,12,17H,1-2,9-11,13-14H2,(H,25,27). The van der Waals surface area contributed by atoms with Crippen LogP contribution in [0.15, 0.2) is 42.5 Å².